The Morgan fingerprint density at radius 3 is 2.26 bits per heavy atom. The zero-order valence-electron chi connectivity index (χ0n) is 12.6. The Kier molecular flexibility index (Phi) is 4.95. The fourth-order valence-electron chi connectivity index (χ4n) is 2.76. The Morgan fingerprint density at radius 2 is 1.48 bits per heavy atom. The van der Waals surface area contributed by atoms with Gasteiger partial charge in [-0.3, -0.25) is 0 Å². The van der Waals surface area contributed by atoms with Crippen molar-refractivity contribution in [2.24, 2.45) is 0 Å². The van der Waals surface area contributed by atoms with E-state index in [-0.39, 0.29) is 51.4 Å². The maximum Gasteiger partial charge on any atom is 0.408 e. The summed E-state index contributed by atoms with van der Waals surface area (Å²) in [5.41, 5.74) is 3.75. The molecule has 5 heteroatoms. The molecule has 1 atom stereocenters. The largest absolute Gasteiger partial charge is 0.421 e. The Balaban J connectivity index is 0.00000156. The van der Waals surface area contributed by atoms with E-state index in [1.165, 1.54) is 0 Å². The topological polar surface area (TPSA) is 46.5 Å². The van der Waals surface area contributed by atoms with Crippen molar-refractivity contribution < 1.29 is 14.0 Å². The first-order valence-corrected chi connectivity index (χ1v) is 8.55. The smallest absolute Gasteiger partial charge is 0.408 e. The fourth-order valence-corrected chi connectivity index (χ4v) is 4.06. The van der Waals surface area contributed by atoms with Crippen molar-refractivity contribution in [1.29, 1.82) is 0 Å². The van der Waals surface area contributed by atoms with Crippen LogP contribution in [-0.4, -0.2) is 56.3 Å². The van der Waals surface area contributed by atoms with Gasteiger partial charge in [0.1, 0.15) is 5.75 Å². The van der Waals surface area contributed by atoms with Gasteiger partial charge in [-0.2, -0.15) is 0 Å². The van der Waals surface area contributed by atoms with Gasteiger partial charge in [0.05, 0.1) is 5.30 Å². The Bertz CT molecular complexity index is 909. The van der Waals surface area contributed by atoms with Gasteiger partial charge in [0, 0.05) is 62.5 Å². The first-order chi connectivity index (χ1) is 10.6. The summed E-state index contributed by atoms with van der Waals surface area (Å²) in [5.74, 6) is 0.448. The molecule has 4 rings (SSSR count). The van der Waals surface area contributed by atoms with E-state index in [9.17, 15) is 9.46 Å². The summed E-state index contributed by atoms with van der Waals surface area (Å²) in [6.07, 6.45) is 0. The SMILES string of the molecule is O=P1(O)Oc2ccc(-c3ccccc3)cc2-c2ccccc21.[K]. The molecule has 1 aliphatic heterocycles. The van der Waals surface area contributed by atoms with Gasteiger partial charge in [-0.15, -0.1) is 0 Å². The van der Waals surface area contributed by atoms with Crippen LogP contribution in [0.2, 0.25) is 0 Å². The van der Waals surface area contributed by atoms with Gasteiger partial charge in [-0.1, -0.05) is 54.6 Å². The third-order valence-electron chi connectivity index (χ3n) is 3.81. The molecule has 3 aromatic rings. The minimum Gasteiger partial charge on any atom is -0.421 e. The molecule has 1 unspecified atom stereocenters. The normalized spacial score (nSPS) is 18.1. The zero-order chi connectivity index (χ0) is 15.2. The first kappa shape index (κ1) is 17.1. The van der Waals surface area contributed by atoms with Crippen molar-refractivity contribution in [3.05, 3.63) is 72.8 Å². The molecular formula is C18H13KO3P. The quantitative estimate of drug-likeness (QED) is 0.537. The number of hydrogen-bond acceptors (Lipinski definition) is 2. The molecule has 0 bridgehead atoms. The third kappa shape index (κ3) is 3.13. The van der Waals surface area contributed by atoms with Crippen LogP contribution < -0.4 is 9.83 Å². The molecule has 1 N–H and O–H groups in total. The molecule has 0 saturated carbocycles. The van der Waals surface area contributed by atoms with E-state index in [0.29, 0.717) is 11.1 Å². The fraction of sp³-hybridized carbons (Fsp3) is 0. The number of benzene rings is 3. The van der Waals surface area contributed by atoms with E-state index in [1.807, 2.05) is 54.6 Å². The van der Waals surface area contributed by atoms with Gasteiger partial charge in [0.25, 0.3) is 0 Å². The summed E-state index contributed by atoms with van der Waals surface area (Å²) in [4.78, 5) is 10.1. The van der Waals surface area contributed by atoms with E-state index in [0.717, 1.165) is 22.3 Å². The molecule has 0 spiro atoms. The van der Waals surface area contributed by atoms with Crippen molar-refractivity contribution in [3.8, 4) is 28.0 Å². The zero-order valence-corrected chi connectivity index (χ0v) is 16.7. The summed E-state index contributed by atoms with van der Waals surface area (Å²) in [6, 6.07) is 22.8. The molecule has 0 fully saturated rings. The van der Waals surface area contributed by atoms with Crippen LogP contribution in [0.15, 0.2) is 72.8 Å². The van der Waals surface area contributed by atoms with Crippen molar-refractivity contribution in [2.45, 2.75) is 0 Å². The average Bonchev–Trinajstić information content (AvgIpc) is 2.55. The van der Waals surface area contributed by atoms with Crippen LogP contribution in [0.25, 0.3) is 22.3 Å². The monoisotopic (exact) mass is 347 g/mol. The third-order valence-corrected chi connectivity index (χ3v) is 5.25. The van der Waals surface area contributed by atoms with Crippen LogP contribution in [0, 0.1) is 0 Å². The number of rotatable bonds is 1. The second-order valence-electron chi connectivity index (χ2n) is 5.21. The van der Waals surface area contributed by atoms with Crippen molar-refractivity contribution in [2.75, 3.05) is 0 Å². The minimum absolute atomic E-state index is 0. The molecule has 1 heterocycles. The van der Waals surface area contributed by atoms with Crippen LogP contribution in [0.1, 0.15) is 0 Å². The van der Waals surface area contributed by atoms with Gasteiger partial charge < -0.3 is 9.42 Å². The van der Waals surface area contributed by atoms with Gasteiger partial charge in [0.15, 0.2) is 0 Å². The van der Waals surface area contributed by atoms with E-state index in [4.69, 9.17) is 4.52 Å². The average molecular weight is 347 g/mol. The van der Waals surface area contributed by atoms with E-state index < -0.39 is 7.60 Å². The molecule has 1 radical (unpaired) electrons. The maximum absolute atomic E-state index is 12.3. The summed E-state index contributed by atoms with van der Waals surface area (Å²) >= 11 is 0. The molecule has 0 amide bonds. The Labute approximate surface area is 177 Å². The van der Waals surface area contributed by atoms with Crippen LogP contribution in [0.3, 0.4) is 0 Å². The summed E-state index contributed by atoms with van der Waals surface area (Å²) in [5, 5.41) is 0.354. The molecule has 3 aromatic carbocycles. The molecule has 0 aromatic heterocycles. The first-order valence-electron chi connectivity index (χ1n) is 6.97. The second kappa shape index (κ2) is 6.65. The predicted octanol–water partition coefficient (Wildman–Crippen LogP) is 3.84. The van der Waals surface area contributed by atoms with Crippen molar-refractivity contribution >= 4 is 64.3 Å². The molecule has 23 heavy (non-hydrogen) atoms. The van der Waals surface area contributed by atoms with Gasteiger partial charge in [0.2, 0.25) is 0 Å². The maximum atomic E-state index is 12.3. The van der Waals surface area contributed by atoms with Gasteiger partial charge in [-0.05, 0) is 29.3 Å². The van der Waals surface area contributed by atoms with Gasteiger partial charge >= 0.3 is 7.60 Å². The number of hydrogen-bond donors (Lipinski definition) is 1. The van der Waals surface area contributed by atoms with Crippen LogP contribution in [0.4, 0.5) is 0 Å². The predicted molar refractivity (Wildman–Crippen MR) is 93.2 cm³/mol. The van der Waals surface area contributed by atoms with Crippen LogP contribution >= 0.6 is 7.60 Å². The number of fused-ring (bicyclic) bond motifs is 3. The standard InChI is InChI=1S/C18H13O3P.K/c19-22(20)18-9-5-4-8-15(18)16-12-14(10-11-17(16)21-22)13-6-2-1-3-7-13;/h1-12H,(H,19,20);. The molecule has 1 aliphatic rings. The molecule has 109 valence electrons. The molecule has 3 nitrogen and oxygen atoms in total. The minimum atomic E-state index is -3.80. The summed E-state index contributed by atoms with van der Waals surface area (Å²) in [7, 11) is -3.80. The second-order valence-corrected chi connectivity index (χ2v) is 6.91. The van der Waals surface area contributed by atoms with E-state index in [1.54, 1.807) is 18.2 Å². The molecular weight excluding hydrogens is 334 g/mol. The molecule has 0 saturated heterocycles. The molecule has 0 aliphatic carbocycles. The summed E-state index contributed by atoms with van der Waals surface area (Å²) < 4.78 is 17.7. The Hall–Kier alpha value is -0.714. The van der Waals surface area contributed by atoms with Crippen molar-refractivity contribution in [1.82, 2.24) is 0 Å². The van der Waals surface area contributed by atoms with Crippen LogP contribution in [0.5, 0.6) is 5.75 Å². The van der Waals surface area contributed by atoms with Crippen LogP contribution in [-0.2, 0) is 4.57 Å². The van der Waals surface area contributed by atoms with E-state index >= 15 is 0 Å². The van der Waals surface area contributed by atoms with Crippen molar-refractivity contribution in [3.63, 3.8) is 0 Å². The van der Waals surface area contributed by atoms with E-state index in [2.05, 4.69) is 0 Å². The summed E-state index contributed by atoms with van der Waals surface area (Å²) in [6.45, 7) is 0. The van der Waals surface area contributed by atoms with Gasteiger partial charge in [-0.25, -0.2) is 4.57 Å². The Morgan fingerprint density at radius 1 is 0.783 bits per heavy atom.